The lowest BCUT2D eigenvalue weighted by molar-refractivity contribution is -0.114. The van der Waals surface area contributed by atoms with Gasteiger partial charge in [-0.15, -0.1) is 0 Å². The van der Waals surface area contributed by atoms with Crippen molar-refractivity contribution in [2.45, 2.75) is 19.4 Å². The molecule has 1 unspecified atom stereocenters. The fourth-order valence-electron chi connectivity index (χ4n) is 1.43. The van der Waals surface area contributed by atoms with Crippen molar-refractivity contribution in [3.63, 3.8) is 0 Å². The highest BCUT2D eigenvalue weighted by atomic mass is 35.5. The third-order valence-electron chi connectivity index (χ3n) is 2.13. The van der Waals surface area contributed by atoms with Gasteiger partial charge < -0.3 is 16.2 Å². The monoisotopic (exact) mass is 242 g/mol. The Morgan fingerprint density at radius 2 is 2.31 bits per heavy atom. The molecule has 1 aromatic carbocycles. The van der Waals surface area contributed by atoms with Crippen LogP contribution in [0.3, 0.4) is 0 Å². The maximum atomic E-state index is 11.0. The summed E-state index contributed by atoms with van der Waals surface area (Å²) in [6.45, 7) is 1.78. The number of nitrogens with two attached hydrogens (primary N) is 1. The zero-order valence-electron chi connectivity index (χ0n) is 9.03. The average molecular weight is 243 g/mol. The van der Waals surface area contributed by atoms with E-state index in [1.165, 1.54) is 6.92 Å². The summed E-state index contributed by atoms with van der Waals surface area (Å²) in [6, 6.07) is 4.97. The van der Waals surface area contributed by atoms with E-state index in [0.29, 0.717) is 29.2 Å². The van der Waals surface area contributed by atoms with Crippen molar-refractivity contribution in [3.8, 4) is 0 Å². The molecule has 4 nitrogen and oxygen atoms in total. The first-order valence-corrected chi connectivity index (χ1v) is 5.37. The molecule has 0 aliphatic rings. The summed E-state index contributed by atoms with van der Waals surface area (Å²) in [5.74, 6) is -0.205. The standard InChI is InChI=1S/C11H15ClN2O2/c1-7(15)14-10-6-8(12)2-3-9(10)11(16)4-5-13/h2-3,6,11,16H,4-5,13H2,1H3,(H,14,15). The third-order valence-corrected chi connectivity index (χ3v) is 2.36. The number of hydrogen-bond donors (Lipinski definition) is 3. The Labute approximate surface area is 99.4 Å². The van der Waals surface area contributed by atoms with Crippen LogP contribution < -0.4 is 11.1 Å². The summed E-state index contributed by atoms with van der Waals surface area (Å²) in [4.78, 5) is 11.0. The van der Waals surface area contributed by atoms with Gasteiger partial charge in [0.2, 0.25) is 5.91 Å². The molecule has 16 heavy (non-hydrogen) atoms. The van der Waals surface area contributed by atoms with Gasteiger partial charge in [-0.3, -0.25) is 4.79 Å². The van der Waals surface area contributed by atoms with Crippen molar-refractivity contribution < 1.29 is 9.90 Å². The van der Waals surface area contributed by atoms with Crippen LogP contribution in [0.1, 0.15) is 25.0 Å². The number of aliphatic hydroxyl groups is 1. The van der Waals surface area contributed by atoms with Gasteiger partial charge in [0.25, 0.3) is 0 Å². The van der Waals surface area contributed by atoms with Crippen molar-refractivity contribution >= 4 is 23.2 Å². The van der Waals surface area contributed by atoms with Gasteiger partial charge in [-0.2, -0.15) is 0 Å². The Kier molecular flexibility index (Phi) is 4.73. The number of halogens is 1. The van der Waals surface area contributed by atoms with Crippen LogP contribution in [0.25, 0.3) is 0 Å². The molecule has 0 saturated heterocycles. The van der Waals surface area contributed by atoms with E-state index in [-0.39, 0.29) is 5.91 Å². The van der Waals surface area contributed by atoms with E-state index in [1.54, 1.807) is 18.2 Å². The Balaban J connectivity index is 3.01. The van der Waals surface area contributed by atoms with Gasteiger partial charge >= 0.3 is 0 Å². The van der Waals surface area contributed by atoms with Crippen LogP contribution in [0.2, 0.25) is 5.02 Å². The second-order valence-corrected chi connectivity index (χ2v) is 3.94. The number of amides is 1. The normalized spacial score (nSPS) is 12.2. The molecular formula is C11H15ClN2O2. The molecule has 0 saturated carbocycles. The number of aliphatic hydroxyl groups excluding tert-OH is 1. The van der Waals surface area contributed by atoms with Gasteiger partial charge in [0.1, 0.15) is 0 Å². The molecule has 4 N–H and O–H groups in total. The lowest BCUT2D eigenvalue weighted by Crippen LogP contribution is -2.12. The maximum Gasteiger partial charge on any atom is 0.221 e. The van der Waals surface area contributed by atoms with Crippen molar-refractivity contribution in [2.75, 3.05) is 11.9 Å². The van der Waals surface area contributed by atoms with Gasteiger partial charge in [-0.1, -0.05) is 17.7 Å². The largest absolute Gasteiger partial charge is 0.388 e. The minimum Gasteiger partial charge on any atom is -0.388 e. The Morgan fingerprint density at radius 1 is 1.62 bits per heavy atom. The van der Waals surface area contributed by atoms with E-state index < -0.39 is 6.10 Å². The molecule has 0 spiro atoms. The molecular weight excluding hydrogens is 228 g/mol. The zero-order valence-corrected chi connectivity index (χ0v) is 9.79. The lowest BCUT2D eigenvalue weighted by atomic mass is 10.0. The SMILES string of the molecule is CC(=O)Nc1cc(Cl)ccc1C(O)CCN. The molecule has 0 aromatic heterocycles. The maximum absolute atomic E-state index is 11.0. The summed E-state index contributed by atoms with van der Waals surface area (Å²) in [5, 5.41) is 13.0. The van der Waals surface area contributed by atoms with E-state index in [4.69, 9.17) is 17.3 Å². The lowest BCUT2D eigenvalue weighted by Gasteiger charge is -2.15. The van der Waals surface area contributed by atoms with Crippen LogP contribution in [-0.4, -0.2) is 17.6 Å². The number of anilines is 1. The van der Waals surface area contributed by atoms with Crippen molar-refractivity contribution in [2.24, 2.45) is 5.73 Å². The number of hydrogen-bond acceptors (Lipinski definition) is 3. The smallest absolute Gasteiger partial charge is 0.221 e. The van der Waals surface area contributed by atoms with Gasteiger partial charge in [0, 0.05) is 23.2 Å². The highest BCUT2D eigenvalue weighted by Crippen LogP contribution is 2.28. The quantitative estimate of drug-likeness (QED) is 0.752. The zero-order chi connectivity index (χ0) is 12.1. The molecule has 0 bridgehead atoms. The number of benzene rings is 1. The number of carbonyl (C=O) groups excluding carboxylic acids is 1. The van der Waals surface area contributed by atoms with Crippen molar-refractivity contribution in [3.05, 3.63) is 28.8 Å². The molecule has 1 amide bonds. The number of carbonyl (C=O) groups is 1. The Bertz CT molecular complexity index is 382. The first-order valence-electron chi connectivity index (χ1n) is 4.99. The fraction of sp³-hybridized carbons (Fsp3) is 0.364. The molecule has 0 radical (unpaired) electrons. The van der Waals surface area contributed by atoms with Gasteiger partial charge in [-0.05, 0) is 25.1 Å². The summed E-state index contributed by atoms with van der Waals surface area (Å²) in [5.41, 5.74) is 6.53. The first-order chi connectivity index (χ1) is 7.54. The van der Waals surface area contributed by atoms with E-state index in [9.17, 15) is 9.90 Å². The topological polar surface area (TPSA) is 75.3 Å². The van der Waals surface area contributed by atoms with Crippen LogP contribution in [0.4, 0.5) is 5.69 Å². The van der Waals surface area contributed by atoms with Crippen molar-refractivity contribution in [1.82, 2.24) is 0 Å². The van der Waals surface area contributed by atoms with Crippen LogP contribution in [0.15, 0.2) is 18.2 Å². The van der Waals surface area contributed by atoms with E-state index in [0.717, 1.165) is 0 Å². The van der Waals surface area contributed by atoms with E-state index in [2.05, 4.69) is 5.32 Å². The molecule has 1 aromatic rings. The average Bonchev–Trinajstić information content (AvgIpc) is 2.16. The predicted molar refractivity (Wildman–Crippen MR) is 64.4 cm³/mol. The van der Waals surface area contributed by atoms with Crippen molar-refractivity contribution in [1.29, 1.82) is 0 Å². The first kappa shape index (κ1) is 13.0. The second kappa shape index (κ2) is 5.84. The molecule has 1 rings (SSSR count). The van der Waals surface area contributed by atoms with Crippen LogP contribution in [0, 0.1) is 0 Å². The second-order valence-electron chi connectivity index (χ2n) is 3.51. The van der Waals surface area contributed by atoms with E-state index in [1.807, 2.05) is 0 Å². The third kappa shape index (κ3) is 3.48. The number of rotatable bonds is 4. The van der Waals surface area contributed by atoms with Crippen LogP contribution >= 0.6 is 11.6 Å². The summed E-state index contributed by atoms with van der Waals surface area (Å²) in [7, 11) is 0. The molecule has 0 heterocycles. The minimum absolute atomic E-state index is 0.205. The molecule has 0 aliphatic carbocycles. The van der Waals surface area contributed by atoms with Gasteiger partial charge in [-0.25, -0.2) is 0 Å². The Morgan fingerprint density at radius 3 is 2.88 bits per heavy atom. The minimum atomic E-state index is -0.691. The predicted octanol–water partition coefficient (Wildman–Crippen LogP) is 1.68. The van der Waals surface area contributed by atoms with Gasteiger partial charge in [0.05, 0.1) is 6.10 Å². The molecule has 0 fully saturated rings. The summed E-state index contributed by atoms with van der Waals surface area (Å²) >= 11 is 5.82. The summed E-state index contributed by atoms with van der Waals surface area (Å²) < 4.78 is 0. The summed E-state index contributed by atoms with van der Waals surface area (Å²) in [6.07, 6.45) is -0.252. The molecule has 1 atom stereocenters. The van der Waals surface area contributed by atoms with E-state index >= 15 is 0 Å². The molecule has 5 heteroatoms. The van der Waals surface area contributed by atoms with Crippen LogP contribution in [-0.2, 0) is 4.79 Å². The highest BCUT2D eigenvalue weighted by Gasteiger charge is 2.12. The molecule has 88 valence electrons. The fourth-order valence-corrected chi connectivity index (χ4v) is 1.60. The number of nitrogens with one attached hydrogen (secondary N) is 1. The Hall–Kier alpha value is -1.10. The van der Waals surface area contributed by atoms with Gasteiger partial charge in [0.15, 0.2) is 0 Å². The van der Waals surface area contributed by atoms with Crippen LogP contribution in [0.5, 0.6) is 0 Å². The molecule has 0 aliphatic heterocycles. The highest BCUT2D eigenvalue weighted by molar-refractivity contribution is 6.31.